The predicted octanol–water partition coefficient (Wildman–Crippen LogP) is 14.7. The fourth-order valence-corrected chi connectivity index (χ4v) is 4.67. The number of carbonyl (C=O) groups is 2. The van der Waals surface area contributed by atoms with Crippen LogP contribution in [0.4, 0.5) is 0 Å². The maximum absolute atomic E-state index is 10.5. The summed E-state index contributed by atoms with van der Waals surface area (Å²) in [7, 11) is 0. The summed E-state index contributed by atoms with van der Waals surface area (Å²) in [5, 5.41) is 8.89. The van der Waals surface area contributed by atoms with Crippen LogP contribution in [0.2, 0.25) is 0 Å². The minimum absolute atomic E-state index is 0. The average Bonchev–Trinajstić information content (AvgIpc) is 3.11. The smallest absolute Gasteiger partial charge is 0.550 e. The van der Waals surface area contributed by atoms with Gasteiger partial charge in [-0.05, 0) is 174 Å². The van der Waals surface area contributed by atoms with Crippen LogP contribution in [-0.4, -0.2) is 35.2 Å². The number of alkyl halides is 3. The van der Waals surface area contributed by atoms with E-state index < -0.39 is 5.97 Å². The molecule has 0 saturated carbocycles. The molecule has 0 saturated heterocycles. The molecule has 0 aromatic rings. The average molecular weight is 969 g/mol. The first-order valence-electron chi connectivity index (χ1n) is 21.4. The third-order valence-electron chi connectivity index (χ3n) is 7.76. The number of aliphatic carboxylic acids is 1. The van der Waals surface area contributed by atoms with Gasteiger partial charge in [-0.25, -0.2) is 0 Å². The van der Waals surface area contributed by atoms with E-state index in [-0.39, 0.29) is 52.8 Å². The Labute approximate surface area is 433 Å². The van der Waals surface area contributed by atoms with Gasteiger partial charge in [0.25, 0.3) is 0 Å². The van der Waals surface area contributed by atoms with E-state index in [1.54, 1.807) is 6.08 Å². The van der Waals surface area contributed by atoms with E-state index in [0.29, 0.717) is 18.4 Å². The van der Waals surface area contributed by atoms with Crippen molar-refractivity contribution in [2.45, 2.75) is 180 Å². The van der Waals surface area contributed by atoms with Crippen LogP contribution in [0.15, 0.2) is 131 Å². The van der Waals surface area contributed by atoms with Crippen molar-refractivity contribution in [1.29, 1.82) is 0 Å². The third-order valence-corrected chi connectivity index (χ3v) is 8.41. The van der Waals surface area contributed by atoms with Crippen molar-refractivity contribution < 1.29 is 49.0 Å². The number of allylic oxidation sites excluding steroid dienone is 18. The second kappa shape index (κ2) is 56.4. The Hall–Kier alpha value is -1.76. The zero-order chi connectivity index (χ0) is 48.8. The van der Waals surface area contributed by atoms with Gasteiger partial charge in [0.2, 0.25) is 0 Å². The first-order valence-corrected chi connectivity index (χ1v) is 22.9. The molecule has 0 aliphatic heterocycles. The third kappa shape index (κ3) is 95.6. The maximum atomic E-state index is 10.5. The largest absolute Gasteiger partial charge is 1.00 e. The number of hydrogen-bond acceptors (Lipinski definition) is 4. The van der Waals surface area contributed by atoms with Gasteiger partial charge in [-0.3, -0.25) is 4.79 Å². The van der Waals surface area contributed by atoms with Crippen molar-refractivity contribution in [2.75, 3.05) is 18.4 Å². The van der Waals surface area contributed by atoms with Gasteiger partial charge in [0.05, 0.1) is 4.87 Å². The Balaban J connectivity index is -0.0000000974. The molecule has 9 heteroatoms. The first kappa shape index (κ1) is 78.4. The molecule has 1 atom stereocenters. The van der Waals surface area contributed by atoms with E-state index in [1.165, 1.54) is 51.5 Å². The van der Waals surface area contributed by atoms with Crippen molar-refractivity contribution in [3.05, 3.63) is 131 Å². The number of carbonyl (C=O) groups excluding carboxylic acids is 2. The van der Waals surface area contributed by atoms with Gasteiger partial charge >= 0.3 is 35.5 Å². The molecule has 0 aliphatic carbocycles. The van der Waals surface area contributed by atoms with Crippen LogP contribution in [0.25, 0.3) is 0 Å². The molecular weight excluding hydrogens is 877 g/mol. The molecule has 4 nitrogen and oxygen atoms in total. The van der Waals surface area contributed by atoms with Gasteiger partial charge in [-0.15, -0.1) is 53.8 Å². The zero-order valence-electron chi connectivity index (χ0n) is 43.3. The van der Waals surface area contributed by atoms with Crippen molar-refractivity contribution in [3.8, 4) is 0 Å². The van der Waals surface area contributed by atoms with Gasteiger partial charge in [0, 0.05) is 24.7 Å². The van der Waals surface area contributed by atoms with Crippen LogP contribution in [0.5, 0.6) is 0 Å². The molecule has 0 amide bonds. The van der Waals surface area contributed by atoms with Crippen LogP contribution in [-0.2, 0) is 14.3 Å². The number of rotatable bonds is 21. The monoisotopic (exact) mass is 967 g/mol. The summed E-state index contributed by atoms with van der Waals surface area (Å²) < 4.78 is 4.81. The van der Waals surface area contributed by atoms with Gasteiger partial charge in [0.15, 0.2) is 0 Å². The standard InChI is InChI=1S/C12H20O2.3C10H17Cl.C10H16.C2H4O2.ClH.Na/c1-10(2)6-5-7-11(3)8-9-14-12(4)13;2*1-9(2)5-4-6-10(3)7-8-11;1-5-10(4,11)8-6-7-9(2)3;1-5-10(4)8-6-7-9(2)3;1-2(3)4;;/h6,8H,5,7,9H2,1-4H3;2*5,7H,4,6,8H2,1-3H3;5,7H,1,6,8H2,2-4H3;5,7H,1,4,6,8H2,2-3H3;1H3,(H,3,4);1H;/q;;;;;;;+1/p-1/b11-8+;2*10-7+;;;;;. The van der Waals surface area contributed by atoms with E-state index in [0.717, 1.165) is 76.7 Å². The summed E-state index contributed by atoms with van der Waals surface area (Å²) >= 11 is 17.1. The van der Waals surface area contributed by atoms with Gasteiger partial charge in [-0.1, -0.05) is 118 Å². The van der Waals surface area contributed by atoms with E-state index in [4.69, 9.17) is 49.4 Å². The predicted molar refractivity (Wildman–Crippen MR) is 284 cm³/mol. The summed E-state index contributed by atoms with van der Waals surface area (Å²) in [5.41, 5.74) is 12.0. The second-order valence-electron chi connectivity index (χ2n) is 16.2. The van der Waals surface area contributed by atoms with Crippen LogP contribution < -0.4 is 34.7 Å². The number of carboxylic acids is 1. The van der Waals surface area contributed by atoms with Gasteiger partial charge in [0.1, 0.15) is 6.61 Å². The summed E-state index contributed by atoms with van der Waals surface area (Å²) in [4.78, 5) is 19.1. The minimum Gasteiger partial charge on any atom is -0.550 e. The van der Waals surface area contributed by atoms with Crippen LogP contribution in [0, 0.1) is 0 Å². The Morgan fingerprint density at radius 1 is 0.556 bits per heavy atom. The number of hydrogen-bond donors (Lipinski definition) is 0. The molecule has 0 rings (SSSR count). The van der Waals surface area contributed by atoms with Crippen molar-refractivity contribution in [1.82, 2.24) is 0 Å². The second-order valence-corrected chi connectivity index (χ2v) is 17.7. The summed E-state index contributed by atoms with van der Waals surface area (Å²) in [6.07, 6.45) is 31.6. The zero-order valence-corrected chi connectivity index (χ0v) is 48.3. The Bertz CT molecular complexity index is 1380. The summed E-state index contributed by atoms with van der Waals surface area (Å²) in [6.45, 7) is 43.3. The topological polar surface area (TPSA) is 66.4 Å². The molecule has 0 aromatic heterocycles. The molecule has 0 aliphatic rings. The van der Waals surface area contributed by atoms with Crippen molar-refractivity contribution >= 4 is 59.1 Å². The van der Waals surface area contributed by atoms with Crippen LogP contribution in [0.1, 0.15) is 175 Å². The number of halogens is 4. The Morgan fingerprint density at radius 3 is 1.10 bits per heavy atom. The van der Waals surface area contributed by atoms with Crippen LogP contribution in [0.3, 0.4) is 0 Å². The molecule has 63 heavy (non-hydrogen) atoms. The number of esters is 1. The van der Waals surface area contributed by atoms with E-state index in [9.17, 15) is 4.79 Å². The van der Waals surface area contributed by atoms with Crippen molar-refractivity contribution in [3.63, 3.8) is 0 Å². The molecule has 360 valence electrons. The quantitative estimate of drug-likeness (QED) is 0.0378. The Kier molecular flexibility index (Phi) is 70.2. The molecule has 0 fully saturated rings. The SMILES string of the molecule is C=CC(=C)CCC=C(C)C.C=CC(C)(Cl)CCC=C(C)C.CC(=O)OC/C=C(\C)CCC=C(C)C.CC(=O)[O-].CC(C)=CCC/C(C)=C/CCl.CC(C)=CCC/C(C)=C/CCl.Cl.[Na+]. The molecule has 1 unspecified atom stereocenters. The van der Waals surface area contributed by atoms with Gasteiger partial charge in [-0.2, -0.15) is 0 Å². The van der Waals surface area contributed by atoms with Gasteiger partial charge < -0.3 is 14.6 Å². The molecule has 0 heterocycles. The molecule has 0 spiro atoms. The number of carboxylic acid groups (broad SMARTS) is 1. The summed E-state index contributed by atoms with van der Waals surface area (Å²) in [6, 6.07) is 0. The molecule has 0 aromatic carbocycles. The minimum atomic E-state index is -1.08. The normalized spacial score (nSPS) is 10.9. The number of ether oxygens (including phenoxy) is 1. The fourth-order valence-electron chi connectivity index (χ4n) is 4.03. The maximum Gasteiger partial charge on any atom is 1.00 e. The molecule has 0 radical (unpaired) electrons. The molecular formula is C54H91Cl4NaO4. The summed E-state index contributed by atoms with van der Waals surface area (Å²) in [5.74, 6) is -0.0280. The first-order chi connectivity index (χ1) is 28.2. The Morgan fingerprint density at radius 2 is 0.841 bits per heavy atom. The van der Waals surface area contributed by atoms with E-state index >= 15 is 0 Å². The molecule has 0 bridgehead atoms. The van der Waals surface area contributed by atoms with Crippen molar-refractivity contribution in [2.24, 2.45) is 0 Å². The fraction of sp³-hybridized carbons (Fsp3) is 0.556. The van der Waals surface area contributed by atoms with E-state index in [2.05, 4.69) is 152 Å². The van der Waals surface area contributed by atoms with E-state index in [1.807, 2.05) is 19.1 Å². The van der Waals surface area contributed by atoms with Crippen LogP contribution >= 0.6 is 47.2 Å². The molecule has 0 N–H and O–H groups in total.